The van der Waals surface area contributed by atoms with Crippen LogP contribution in [0, 0.1) is 23.5 Å². The van der Waals surface area contributed by atoms with Crippen molar-refractivity contribution in [1.82, 2.24) is 9.62 Å². The largest absolute Gasteiger partial charge is 0.301 e. The zero-order valence-corrected chi connectivity index (χ0v) is 14.5. The van der Waals surface area contributed by atoms with Crippen molar-refractivity contribution in [2.75, 3.05) is 19.6 Å². The molecule has 1 heterocycles. The minimum Gasteiger partial charge on any atom is -0.301 e. The smallest absolute Gasteiger partial charge is 0.243 e. The lowest BCUT2D eigenvalue weighted by Gasteiger charge is -2.36. The maximum Gasteiger partial charge on any atom is 0.243 e. The molecule has 0 saturated carbocycles. The summed E-state index contributed by atoms with van der Waals surface area (Å²) in [5.41, 5.74) is 0. The molecular formula is C16H24F2N2O2S. The lowest BCUT2D eigenvalue weighted by atomic mass is 9.92. The molecule has 3 atom stereocenters. The molecule has 1 aliphatic heterocycles. The standard InChI is InChI=1S/C16H24F2N2O2S/c1-11-6-12(2)9-20(8-11)10-13(3)19-23(21,22)16-7-14(17)4-5-15(16)18/h4-5,7,11-13,19H,6,8-10H2,1-3H3. The Kier molecular flexibility index (Phi) is 5.75. The molecule has 3 unspecified atom stereocenters. The molecule has 4 nitrogen and oxygen atoms in total. The highest BCUT2D eigenvalue weighted by atomic mass is 32.2. The molecule has 0 aliphatic carbocycles. The van der Waals surface area contributed by atoms with Gasteiger partial charge in [0.1, 0.15) is 16.5 Å². The van der Waals surface area contributed by atoms with Crippen molar-refractivity contribution in [2.24, 2.45) is 11.8 Å². The lowest BCUT2D eigenvalue weighted by molar-refractivity contribution is 0.134. The van der Waals surface area contributed by atoms with Crippen molar-refractivity contribution in [3.8, 4) is 0 Å². The molecule has 1 N–H and O–H groups in total. The Morgan fingerprint density at radius 2 is 1.87 bits per heavy atom. The van der Waals surface area contributed by atoms with Gasteiger partial charge in [0.05, 0.1) is 0 Å². The van der Waals surface area contributed by atoms with Gasteiger partial charge in [-0.05, 0) is 43.4 Å². The van der Waals surface area contributed by atoms with Gasteiger partial charge in [-0.1, -0.05) is 13.8 Å². The summed E-state index contributed by atoms with van der Waals surface area (Å²) in [5, 5.41) is 0. The predicted octanol–water partition coefficient (Wildman–Crippen LogP) is 2.61. The zero-order valence-electron chi connectivity index (χ0n) is 13.7. The van der Waals surface area contributed by atoms with E-state index < -0.39 is 26.6 Å². The maximum atomic E-state index is 13.7. The number of rotatable bonds is 5. The Balaban J connectivity index is 2.04. The number of halogens is 2. The third-order valence-electron chi connectivity index (χ3n) is 4.02. The van der Waals surface area contributed by atoms with E-state index in [1.54, 1.807) is 6.92 Å². The predicted molar refractivity (Wildman–Crippen MR) is 85.5 cm³/mol. The molecule has 1 fully saturated rings. The number of nitrogens with zero attached hydrogens (tertiary/aromatic N) is 1. The normalized spacial score (nSPS) is 24.6. The van der Waals surface area contributed by atoms with E-state index in [-0.39, 0.29) is 6.04 Å². The monoisotopic (exact) mass is 346 g/mol. The molecule has 0 radical (unpaired) electrons. The van der Waals surface area contributed by atoms with Crippen molar-refractivity contribution in [2.45, 2.75) is 38.1 Å². The molecule has 1 saturated heterocycles. The fraction of sp³-hybridized carbons (Fsp3) is 0.625. The number of piperidine rings is 1. The van der Waals surface area contributed by atoms with Gasteiger partial charge in [-0.2, -0.15) is 0 Å². The van der Waals surface area contributed by atoms with E-state index in [1.165, 1.54) is 6.42 Å². The number of sulfonamides is 1. The Morgan fingerprint density at radius 1 is 1.26 bits per heavy atom. The van der Waals surface area contributed by atoms with Gasteiger partial charge in [-0.25, -0.2) is 21.9 Å². The van der Waals surface area contributed by atoms with Gasteiger partial charge in [0.15, 0.2) is 0 Å². The van der Waals surface area contributed by atoms with E-state index in [0.717, 1.165) is 25.2 Å². The second-order valence-corrected chi connectivity index (χ2v) is 8.44. The van der Waals surface area contributed by atoms with E-state index in [0.29, 0.717) is 24.4 Å². The molecule has 130 valence electrons. The molecule has 0 bridgehead atoms. The van der Waals surface area contributed by atoms with Crippen LogP contribution in [0.5, 0.6) is 0 Å². The molecule has 23 heavy (non-hydrogen) atoms. The number of hydrogen-bond acceptors (Lipinski definition) is 3. The number of nitrogens with one attached hydrogen (secondary N) is 1. The van der Waals surface area contributed by atoms with Crippen LogP contribution in [0.3, 0.4) is 0 Å². The first-order valence-corrected chi connectivity index (χ1v) is 9.35. The topological polar surface area (TPSA) is 49.4 Å². The molecule has 2 rings (SSSR count). The summed E-state index contributed by atoms with van der Waals surface area (Å²) in [7, 11) is -4.08. The fourth-order valence-corrected chi connectivity index (χ4v) is 4.70. The van der Waals surface area contributed by atoms with Crippen molar-refractivity contribution >= 4 is 10.0 Å². The zero-order chi connectivity index (χ0) is 17.2. The lowest BCUT2D eigenvalue weighted by Crippen LogP contribution is -2.47. The molecule has 1 aromatic rings. The first-order chi connectivity index (χ1) is 10.7. The number of hydrogen-bond donors (Lipinski definition) is 1. The molecule has 1 aliphatic rings. The van der Waals surface area contributed by atoms with Crippen LogP contribution in [-0.4, -0.2) is 39.0 Å². The van der Waals surface area contributed by atoms with E-state index in [9.17, 15) is 17.2 Å². The van der Waals surface area contributed by atoms with E-state index in [2.05, 4.69) is 23.5 Å². The molecule has 0 amide bonds. The summed E-state index contributed by atoms with van der Waals surface area (Å²) in [6, 6.07) is 2.03. The molecule has 7 heteroatoms. The van der Waals surface area contributed by atoms with Gasteiger partial charge in [0.25, 0.3) is 0 Å². The number of benzene rings is 1. The Bertz CT molecular complexity index is 641. The van der Waals surface area contributed by atoms with Gasteiger partial charge in [-0.3, -0.25) is 0 Å². The van der Waals surface area contributed by atoms with Gasteiger partial charge < -0.3 is 4.90 Å². The maximum absolute atomic E-state index is 13.7. The SMILES string of the molecule is CC1CC(C)CN(CC(C)NS(=O)(=O)c2cc(F)ccc2F)C1. The summed E-state index contributed by atoms with van der Waals surface area (Å²) in [4.78, 5) is 1.57. The summed E-state index contributed by atoms with van der Waals surface area (Å²) >= 11 is 0. The van der Waals surface area contributed by atoms with Gasteiger partial charge in [0, 0.05) is 25.7 Å². The van der Waals surface area contributed by atoms with Crippen LogP contribution >= 0.6 is 0 Å². The second-order valence-electron chi connectivity index (χ2n) is 6.76. The van der Waals surface area contributed by atoms with Crippen LogP contribution in [0.4, 0.5) is 8.78 Å². The molecule has 0 aromatic heterocycles. The highest BCUT2D eigenvalue weighted by Crippen LogP contribution is 2.21. The fourth-order valence-electron chi connectivity index (χ4n) is 3.38. The Labute approximate surface area is 136 Å². The van der Waals surface area contributed by atoms with Crippen molar-refractivity contribution in [3.05, 3.63) is 29.8 Å². The Morgan fingerprint density at radius 3 is 2.48 bits per heavy atom. The average Bonchev–Trinajstić information content (AvgIpc) is 2.39. The minimum absolute atomic E-state index is 0.389. The third kappa shape index (κ3) is 4.96. The van der Waals surface area contributed by atoms with Crippen LogP contribution in [0.2, 0.25) is 0 Å². The highest BCUT2D eigenvalue weighted by Gasteiger charge is 2.26. The van der Waals surface area contributed by atoms with Crippen molar-refractivity contribution < 1.29 is 17.2 Å². The number of likely N-dealkylation sites (tertiary alicyclic amines) is 1. The van der Waals surface area contributed by atoms with Crippen molar-refractivity contribution in [1.29, 1.82) is 0 Å². The van der Waals surface area contributed by atoms with Gasteiger partial charge >= 0.3 is 0 Å². The third-order valence-corrected chi connectivity index (χ3v) is 5.62. The van der Waals surface area contributed by atoms with E-state index in [4.69, 9.17) is 0 Å². The summed E-state index contributed by atoms with van der Waals surface area (Å²) in [6.07, 6.45) is 1.17. The molecule has 1 aromatic carbocycles. The van der Waals surface area contributed by atoms with Crippen LogP contribution in [0.15, 0.2) is 23.1 Å². The first kappa shape index (κ1) is 18.3. The first-order valence-electron chi connectivity index (χ1n) is 7.87. The van der Waals surface area contributed by atoms with Crippen LogP contribution in [0.25, 0.3) is 0 Å². The summed E-state index contributed by atoms with van der Waals surface area (Å²) < 4.78 is 53.8. The second kappa shape index (κ2) is 7.23. The van der Waals surface area contributed by atoms with E-state index in [1.807, 2.05) is 0 Å². The Hall–Kier alpha value is -1.05. The molecular weight excluding hydrogens is 322 g/mol. The van der Waals surface area contributed by atoms with Crippen LogP contribution < -0.4 is 4.72 Å². The van der Waals surface area contributed by atoms with Crippen molar-refractivity contribution in [3.63, 3.8) is 0 Å². The van der Waals surface area contributed by atoms with Crippen LogP contribution in [0.1, 0.15) is 27.2 Å². The van der Waals surface area contributed by atoms with Crippen LogP contribution in [-0.2, 0) is 10.0 Å². The van der Waals surface area contributed by atoms with E-state index >= 15 is 0 Å². The highest BCUT2D eigenvalue weighted by molar-refractivity contribution is 7.89. The summed E-state index contributed by atoms with van der Waals surface area (Å²) in [5.74, 6) is -0.587. The molecule has 0 spiro atoms. The average molecular weight is 346 g/mol. The minimum atomic E-state index is -4.08. The van der Waals surface area contributed by atoms with Gasteiger partial charge in [0.2, 0.25) is 10.0 Å². The summed E-state index contributed by atoms with van der Waals surface area (Å²) in [6.45, 7) is 8.48. The van der Waals surface area contributed by atoms with Gasteiger partial charge in [-0.15, -0.1) is 0 Å². The quantitative estimate of drug-likeness (QED) is 0.892.